The summed E-state index contributed by atoms with van der Waals surface area (Å²) in [4.78, 5) is 27.3. The lowest BCUT2D eigenvalue weighted by Crippen LogP contribution is -2.44. The number of nitrogens with one attached hydrogen (secondary N) is 3. The van der Waals surface area contributed by atoms with Crippen LogP contribution in [0.3, 0.4) is 0 Å². The highest BCUT2D eigenvalue weighted by Gasteiger charge is 2.15. The summed E-state index contributed by atoms with van der Waals surface area (Å²) < 4.78 is 5.68. The lowest BCUT2D eigenvalue weighted by atomic mass is 10.1. The average molecular weight is 381 g/mol. The van der Waals surface area contributed by atoms with Crippen LogP contribution in [0.15, 0.2) is 28.9 Å². The SMILES string of the molecule is CCNC(=O)Nc1nc2cc(-c3cnc(N4CCNCC4)nc3)cc(C)c2o1. The maximum Gasteiger partial charge on any atom is 0.322 e. The van der Waals surface area contributed by atoms with Gasteiger partial charge in [0.2, 0.25) is 5.95 Å². The molecule has 2 amide bonds. The minimum absolute atomic E-state index is 0.173. The first kappa shape index (κ1) is 18.2. The molecule has 0 unspecified atom stereocenters. The van der Waals surface area contributed by atoms with E-state index in [0.29, 0.717) is 17.6 Å². The molecule has 1 aliphatic rings. The molecule has 0 atom stereocenters. The van der Waals surface area contributed by atoms with Crippen LogP contribution in [0, 0.1) is 6.92 Å². The molecule has 1 saturated heterocycles. The van der Waals surface area contributed by atoms with Gasteiger partial charge in [-0.25, -0.2) is 14.8 Å². The van der Waals surface area contributed by atoms with Gasteiger partial charge < -0.3 is 20.0 Å². The number of oxazole rings is 1. The van der Waals surface area contributed by atoms with Gasteiger partial charge in [-0.2, -0.15) is 4.98 Å². The maximum absolute atomic E-state index is 11.7. The Balaban J connectivity index is 1.59. The van der Waals surface area contributed by atoms with Crippen LogP contribution >= 0.6 is 0 Å². The fourth-order valence-electron chi connectivity index (χ4n) is 3.22. The fourth-order valence-corrected chi connectivity index (χ4v) is 3.22. The third-order valence-corrected chi connectivity index (χ3v) is 4.60. The number of hydrogen-bond acceptors (Lipinski definition) is 7. The van der Waals surface area contributed by atoms with Gasteiger partial charge >= 0.3 is 12.0 Å². The van der Waals surface area contributed by atoms with Crippen LogP contribution in [0.2, 0.25) is 0 Å². The number of hydrogen-bond donors (Lipinski definition) is 3. The van der Waals surface area contributed by atoms with Gasteiger partial charge in [0, 0.05) is 50.7 Å². The van der Waals surface area contributed by atoms with Gasteiger partial charge in [0.15, 0.2) is 5.58 Å². The van der Waals surface area contributed by atoms with Crippen molar-refractivity contribution in [1.82, 2.24) is 25.6 Å². The quantitative estimate of drug-likeness (QED) is 0.635. The molecule has 1 aromatic carbocycles. The zero-order valence-electron chi connectivity index (χ0n) is 16.0. The Kier molecular flexibility index (Phi) is 5.07. The zero-order valence-corrected chi connectivity index (χ0v) is 16.0. The van der Waals surface area contributed by atoms with E-state index in [9.17, 15) is 4.79 Å². The largest absolute Gasteiger partial charge is 0.423 e. The molecule has 0 saturated carbocycles. The van der Waals surface area contributed by atoms with Crippen molar-refractivity contribution >= 4 is 29.1 Å². The number of benzene rings is 1. The second-order valence-corrected chi connectivity index (χ2v) is 6.65. The lowest BCUT2D eigenvalue weighted by molar-refractivity contribution is 0.252. The first-order chi connectivity index (χ1) is 13.6. The summed E-state index contributed by atoms with van der Waals surface area (Å²) in [6.07, 6.45) is 3.66. The minimum atomic E-state index is -0.344. The van der Waals surface area contributed by atoms with E-state index in [1.54, 1.807) is 0 Å². The Morgan fingerprint density at radius 1 is 1.21 bits per heavy atom. The number of nitrogens with zero attached hydrogens (tertiary/aromatic N) is 4. The van der Waals surface area contributed by atoms with Crippen molar-refractivity contribution in [3.63, 3.8) is 0 Å². The Morgan fingerprint density at radius 2 is 1.96 bits per heavy atom. The molecule has 4 rings (SSSR count). The number of fused-ring (bicyclic) bond motifs is 1. The molecule has 28 heavy (non-hydrogen) atoms. The Labute approximate surface area is 162 Å². The Hall–Kier alpha value is -3.20. The van der Waals surface area contributed by atoms with E-state index in [1.165, 1.54) is 0 Å². The van der Waals surface area contributed by atoms with Crippen LogP contribution in [0.5, 0.6) is 0 Å². The van der Waals surface area contributed by atoms with Gasteiger partial charge in [-0.05, 0) is 37.1 Å². The molecule has 3 aromatic rings. The normalized spacial score (nSPS) is 14.3. The Morgan fingerprint density at radius 3 is 2.68 bits per heavy atom. The lowest BCUT2D eigenvalue weighted by Gasteiger charge is -2.27. The molecule has 2 aromatic heterocycles. The molecule has 0 bridgehead atoms. The number of aryl methyl sites for hydroxylation is 1. The maximum atomic E-state index is 11.7. The number of amides is 2. The molecule has 0 aliphatic carbocycles. The number of carbonyl (C=O) groups is 1. The molecular weight excluding hydrogens is 358 g/mol. The van der Waals surface area contributed by atoms with Crippen molar-refractivity contribution in [2.75, 3.05) is 42.9 Å². The number of rotatable bonds is 4. The van der Waals surface area contributed by atoms with Gasteiger partial charge in [-0.15, -0.1) is 0 Å². The van der Waals surface area contributed by atoms with Crippen LogP contribution in [0.25, 0.3) is 22.2 Å². The average Bonchev–Trinajstić information content (AvgIpc) is 3.12. The topological polar surface area (TPSA) is 108 Å². The molecule has 3 heterocycles. The van der Waals surface area contributed by atoms with Crippen molar-refractivity contribution < 1.29 is 9.21 Å². The van der Waals surface area contributed by atoms with Crippen LogP contribution in [-0.4, -0.2) is 53.7 Å². The second kappa shape index (κ2) is 7.81. The smallest absolute Gasteiger partial charge is 0.322 e. The third kappa shape index (κ3) is 3.74. The summed E-state index contributed by atoms with van der Waals surface area (Å²) in [5, 5.41) is 8.57. The number of piperazine rings is 1. The van der Waals surface area contributed by atoms with Gasteiger partial charge in [0.25, 0.3) is 0 Å². The van der Waals surface area contributed by atoms with Crippen molar-refractivity contribution in [3.8, 4) is 11.1 Å². The molecule has 9 heteroatoms. The molecule has 1 fully saturated rings. The summed E-state index contributed by atoms with van der Waals surface area (Å²) in [5.74, 6) is 0.748. The minimum Gasteiger partial charge on any atom is -0.423 e. The number of aromatic nitrogens is 3. The van der Waals surface area contributed by atoms with E-state index in [4.69, 9.17) is 4.42 Å². The molecule has 9 nitrogen and oxygen atoms in total. The number of urea groups is 1. The van der Waals surface area contributed by atoms with Crippen LogP contribution in [-0.2, 0) is 0 Å². The van der Waals surface area contributed by atoms with Crippen LogP contribution < -0.4 is 20.9 Å². The van der Waals surface area contributed by atoms with Crippen molar-refractivity contribution in [3.05, 3.63) is 30.1 Å². The number of carbonyl (C=O) groups excluding carboxylic acids is 1. The van der Waals surface area contributed by atoms with Crippen molar-refractivity contribution in [1.29, 1.82) is 0 Å². The molecule has 0 radical (unpaired) electrons. The van der Waals surface area contributed by atoms with E-state index in [2.05, 4.69) is 35.8 Å². The van der Waals surface area contributed by atoms with E-state index in [0.717, 1.165) is 48.8 Å². The molecule has 3 N–H and O–H groups in total. The van der Waals surface area contributed by atoms with Crippen LogP contribution in [0.1, 0.15) is 12.5 Å². The molecular formula is C19H23N7O2. The standard InChI is InChI=1S/C19H23N7O2/c1-3-21-18(27)25-19-24-15-9-13(8-12(2)16(15)28-19)14-10-22-17(23-11-14)26-6-4-20-5-7-26/h8-11,20H,3-7H2,1-2H3,(H2,21,24,25,27). The first-order valence-corrected chi connectivity index (χ1v) is 9.38. The summed E-state index contributed by atoms with van der Waals surface area (Å²) in [6.45, 7) is 8.02. The summed E-state index contributed by atoms with van der Waals surface area (Å²) >= 11 is 0. The van der Waals surface area contributed by atoms with E-state index < -0.39 is 0 Å². The summed E-state index contributed by atoms with van der Waals surface area (Å²) in [7, 11) is 0. The predicted molar refractivity (Wildman–Crippen MR) is 108 cm³/mol. The summed E-state index contributed by atoms with van der Waals surface area (Å²) in [5.41, 5.74) is 4.11. The molecule has 1 aliphatic heterocycles. The van der Waals surface area contributed by atoms with Crippen molar-refractivity contribution in [2.24, 2.45) is 0 Å². The van der Waals surface area contributed by atoms with E-state index in [-0.39, 0.29) is 12.0 Å². The van der Waals surface area contributed by atoms with Crippen LogP contribution in [0.4, 0.5) is 16.8 Å². The van der Waals surface area contributed by atoms with E-state index in [1.807, 2.05) is 38.4 Å². The van der Waals surface area contributed by atoms with Crippen molar-refractivity contribution in [2.45, 2.75) is 13.8 Å². The highest BCUT2D eigenvalue weighted by Crippen LogP contribution is 2.29. The molecule has 146 valence electrons. The highest BCUT2D eigenvalue weighted by atomic mass is 16.4. The fraction of sp³-hybridized carbons (Fsp3) is 0.368. The first-order valence-electron chi connectivity index (χ1n) is 9.38. The van der Waals surface area contributed by atoms with E-state index >= 15 is 0 Å². The monoisotopic (exact) mass is 381 g/mol. The van der Waals surface area contributed by atoms with Gasteiger partial charge in [0.05, 0.1) is 0 Å². The second-order valence-electron chi connectivity index (χ2n) is 6.65. The third-order valence-electron chi connectivity index (χ3n) is 4.60. The number of anilines is 2. The summed E-state index contributed by atoms with van der Waals surface area (Å²) in [6, 6.07) is 3.75. The van der Waals surface area contributed by atoms with Gasteiger partial charge in [-0.3, -0.25) is 5.32 Å². The Bertz CT molecular complexity index is 978. The predicted octanol–water partition coefficient (Wildman–Crippen LogP) is 2.14. The van der Waals surface area contributed by atoms with Gasteiger partial charge in [-0.1, -0.05) is 0 Å². The highest BCUT2D eigenvalue weighted by molar-refractivity contribution is 5.90. The van der Waals surface area contributed by atoms with Gasteiger partial charge in [0.1, 0.15) is 5.52 Å². The zero-order chi connectivity index (χ0) is 19.5. The molecule has 0 spiro atoms.